The van der Waals surface area contributed by atoms with Crippen LogP contribution in [-0.2, 0) is 20.8 Å². The summed E-state index contributed by atoms with van der Waals surface area (Å²) in [6, 6.07) is 6.68. The van der Waals surface area contributed by atoms with Gasteiger partial charge < -0.3 is 10.1 Å². The van der Waals surface area contributed by atoms with E-state index in [9.17, 15) is 26.4 Å². The molecule has 7 nitrogen and oxygen atoms in total. The minimum atomic E-state index is -4.87. The van der Waals surface area contributed by atoms with Crippen molar-refractivity contribution in [3.8, 4) is 17.0 Å². The number of hydrogen-bond donors (Lipinski definition) is 1. The highest BCUT2D eigenvalue weighted by atomic mass is 32.2. The van der Waals surface area contributed by atoms with E-state index in [1.54, 1.807) is 0 Å². The first-order valence-corrected chi connectivity index (χ1v) is 11.9. The molecule has 0 radical (unpaired) electrons. The minimum Gasteiger partial charge on any atom is -0.497 e. The Morgan fingerprint density at radius 3 is 2.38 bits per heavy atom. The molecule has 1 aromatic carbocycles. The molecule has 1 N–H and O–H groups in total. The molecule has 0 aliphatic heterocycles. The van der Waals surface area contributed by atoms with Crippen LogP contribution in [0.25, 0.3) is 11.3 Å². The van der Waals surface area contributed by atoms with Crippen LogP contribution >= 0.6 is 0 Å². The highest BCUT2D eigenvalue weighted by molar-refractivity contribution is 7.91. The zero-order chi connectivity index (χ0) is 23.4. The molecule has 2 aromatic rings. The molecule has 1 aliphatic rings. The number of hydrogen-bond acceptors (Lipinski definition) is 6. The van der Waals surface area contributed by atoms with Crippen molar-refractivity contribution >= 4 is 15.7 Å². The van der Waals surface area contributed by atoms with E-state index in [4.69, 9.17) is 4.74 Å². The first-order chi connectivity index (χ1) is 15.1. The van der Waals surface area contributed by atoms with Gasteiger partial charge in [0.2, 0.25) is 20.9 Å². The van der Waals surface area contributed by atoms with Crippen LogP contribution in [0.2, 0.25) is 0 Å². The van der Waals surface area contributed by atoms with Gasteiger partial charge in [0.15, 0.2) is 0 Å². The number of methoxy groups -OCH3 is 1. The fourth-order valence-electron chi connectivity index (χ4n) is 3.48. The molecular formula is C21H24F3N3O4S. The summed E-state index contributed by atoms with van der Waals surface area (Å²) in [5, 5.41) is 1.84. The Bertz CT molecular complexity index is 1050. The molecule has 0 saturated heterocycles. The van der Waals surface area contributed by atoms with E-state index in [2.05, 4.69) is 15.3 Å². The van der Waals surface area contributed by atoms with Crippen molar-refractivity contribution in [2.75, 3.05) is 12.9 Å². The second-order valence-electron chi connectivity index (χ2n) is 7.62. The Morgan fingerprint density at radius 2 is 1.78 bits per heavy atom. The molecule has 11 heteroatoms. The van der Waals surface area contributed by atoms with Crippen LogP contribution in [0.4, 0.5) is 13.2 Å². The number of amides is 1. The molecule has 0 atom stereocenters. The third kappa shape index (κ3) is 6.18. The van der Waals surface area contributed by atoms with E-state index in [-0.39, 0.29) is 23.7 Å². The number of carbonyl (C=O) groups is 1. The monoisotopic (exact) mass is 471 g/mol. The van der Waals surface area contributed by atoms with Crippen LogP contribution in [-0.4, -0.2) is 43.2 Å². The lowest BCUT2D eigenvalue weighted by Gasteiger charge is -2.22. The first kappa shape index (κ1) is 24.0. The maximum atomic E-state index is 13.4. The van der Waals surface area contributed by atoms with Gasteiger partial charge in [0, 0.05) is 18.0 Å². The lowest BCUT2D eigenvalue weighted by atomic mass is 9.95. The molecule has 1 aliphatic carbocycles. The number of ether oxygens (including phenoxy) is 1. The van der Waals surface area contributed by atoms with E-state index in [1.807, 2.05) is 0 Å². The van der Waals surface area contributed by atoms with Gasteiger partial charge in [-0.25, -0.2) is 18.4 Å². The topological polar surface area (TPSA) is 98.2 Å². The summed E-state index contributed by atoms with van der Waals surface area (Å²) >= 11 is 0. The van der Waals surface area contributed by atoms with Gasteiger partial charge in [0.25, 0.3) is 0 Å². The predicted molar refractivity (Wildman–Crippen MR) is 111 cm³/mol. The highest BCUT2D eigenvalue weighted by Gasteiger charge is 2.35. The standard InChI is InChI=1S/C21H24F3N3O4S/c1-31-16-9-7-14(8-10-16)17-13-18(21(22,23)24)27-20(26-17)32(29,30)12-11-19(28)25-15-5-3-2-4-6-15/h7-10,13,15H,2-6,11-12H2,1H3,(H,25,28). The van der Waals surface area contributed by atoms with Crippen molar-refractivity contribution in [1.82, 2.24) is 15.3 Å². The molecule has 0 unspecified atom stereocenters. The number of halogens is 3. The summed E-state index contributed by atoms with van der Waals surface area (Å²) in [6.07, 6.45) is -0.487. The number of benzene rings is 1. The van der Waals surface area contributed by atoms with Crippen molar-refractivity contribution in [2.45, 2.75) is 55.9 Å². The zero-order valence-corrected chi connectivity index (χ0v) is 18.3. The predicted octanol–water partition coefficient (Wildman–Crippen LogP) is 3.78. The van der Waals surface area contributed by atoms with Crippen molar-refractivity contribution in [2.24, 2.45) is 0 Å². The number of sulfone groups is 1. The second-order valence-corrected chi connectivity index (χ2v) is 9.62. The van der Waals surface area contributed by atoms with Crippen LogP contribution in [0.1, 0.15) is 44.2 Å². The Labute approximate surface area is 184 Å². The van der Waals surface area contributed by atoms with Gasteiger partial charge in [-0.3, -0.25) is 4.79 Å². The number of carbonyl (C=O) groups excluding carboxylic acids is 1. The lowest BCUT2D eigenvalue weighted by Crippen LogP contribution is -2.37. The third-order valence-corrected chi connectivity index (χ3v) is 6.71. The Hall–Kier alpha value is -2.69. The van der Waals surface area contributed by atoms with E-state index in [0.717, 1.165) is 32.1 Å². The molecule has 32 heavy (non-hydrogen) atoms. The average Bonchev–Trinajstić information content (AvgIpc) is 2.77. The van der Waals surface area contributed by atoms with Crippen LogP contribution in [0.15, 0.2) is 35.5 Å². The van der Waals surface area contributed by atoms with Crippen LogP contribution in [0.5, 0.6) is 5.75 Å². The van der Waals surface area contributed by atoms with Gasteiger partial charge in [-0.1, -0.05) is 19.3 Å². The molecule has 0 spiro atoms. The van der Waals surface area contributed by atoms with Gasteiger partial charge in [-0.15, -0.1) is 0 Å². The first-order valence-electron chi connectivity index (χ1n) is 10.2. The van der Waals surface area contributed by atoms with Crippen molar-refractivity contribution in [1.29, 1.82) is 0 Å². The van der Waals surface area contributed by atoms with E-state index >= 15 is 0 Å². The fourth-order valence-corrected chi connectivity index (χ4v) is 4.60. The number of alkyl halides is 3. The van der Waals surface area contributed by atoms with Crippen molar-refractivity contribution in [3.63, 3.8) is 0 Å². The summed E-state index contributed by atoms with van der Waals surface area (Å²) in [5.74, 6) is -0.659. The molecule has 1 amide bonds. The fraction of sp³-hybridized carbons (Fsp3) is 0.476. The Morgan fingerprint density at radius 1 is 1.12 bits per heavy atom. The number of aromatic nitrogens is 2. The van der Waals surface area contributed by atoms with Gasteiger partial charge >= 0.3 is 6.18 Å². The van der Waals surface area contributed by atoms with Gasteiger partial charge in [-0.2, -0.15) is 13.2 Å². The Balaban J connectivity index is 1.83. The number of rotatable bonds is 7. The van der Waals surface area contributed by atoms with Gasteiger partial charge in [0.1, 0.15) is 11.4 Å². The molecular weight excluding hydrogens is 447 g/mol. The summed E-state index contributed by atoms with van der Waals surface area (Å²) in [6.45, 7) is 0. The minimum absolute atomic E-state index is 0.00503. The molecule has 1 aromatic heterocycles. The number of nitrogens with zero attached hydrogens (tertiary/aromatic N) is 2. The normalized spacial score (nSPS) is 15.4. The summed E-state index contributed by atoms with van der Waals surface area (Å²) in [5.41, 5.74) is -1.30. The van der Waals surface area contributed by atoms with Crippen molar-refractivity contribution in [3.05, 3.63) is 36.0 Å². The molecule has 174 valence electrons. The summed E-state index contributed by atoms with van der Waals surface area (Å²) < 4.78 is 70.5. The maximum Gasteiger partial charge on any atom is 0.433 e. The smallest absolute Gasteiger partial charge is 0.433 e. The van der Waals surface area contributed by atoms with Crippen LogP contribution in [0, 0.1) is 0 Å². The van der Waals surface area contributed by atoms with Crippen LogP contribution in [0.3, 0.4) is 0 Å². The van der Waals surface area contributed by atoms with Crippen LogP contribution < -0.4 is 10.1 Å². The molecule has 0 bridgehead atoms. The quantitative estimate of drug-likeness (QED) is 0.617. The van der Waals surface area contributed by atoms with E-state index < -0.39 is 38.5 Å². The highest BCUT2D eigenvalue weighted by Crippen LogP contribution is 2.31. The van der Waals surface area contributed by atoms with E-state index in [0.29, 0.717) is 11.8 Å². The maximum absolute atomic E-state index is 13.4. The largest absolute Gasteiger partial charge is 0.497 e. The van der Waals surface area contributed by atoms with E-state index in [1.165, 1.54) is 31.4 Å². The average molecular weight is 472 g/mol. The summed E-state index contributed by atoms with van der Waals surface area (Å²) in [4.78, 5) is 19.3. The molecule has 3 rings (SSSR count). The lowest BCUT2D eigenvalue weighted by molar-refractivity contribution is -0.141. The second kappa shape index (κ2) is 9.85. The van der Waals surface area contributed by atoms with Gasteiger partial charge in [0.05, 0.1) is 18.6 Å². The van der Waals surface area contributed by atoms with Gasteiger partial charge in [-0.05, 0) is 43.2 Å². The SMILES string of the molecule is COc1ccc(-c2cc(C(F)(F)F)nc(S(=O)(=O)CCC(=O)NC3CCCCC3)n2)cc1. The zero-order valence-electron chi connectivity index (χ0n) is 17.5. The third-order valence-electron chi connectivity index (χ3n) is 5.23. The van der Waals surface area contributed by atoms with Crippen molar-refractivity contribution < 1.29 is 31.1 Å². The molecule has 1 fully saturated rings. The molecule has 1 heterocycles. The summed E-state index contributed by atoms with van der Waals surface area (Å²) in [7, 11) is -2.89. The Kier molecular flexibility index (Phi) is 7.37. The number of nitrogens with one attached hydrogen (secondary N) is 1. The molecule has 1 saturated carbocycles.